The van der Waals surface area contributed by atoms with Gasteiger partial charge in [0.05, 0.1) is 24.3 Å². The second kappa shape index (κ2) is 28.3. The molecule has 0 fully saturated rings. The largest absolute Gasteiger partial charge is 2.00 e. The van der Waals surface area contributed by atoms with E-state index >= 15 is 0 Å². The maximum Gasteiger partial charge on any atom is 2.00 e. The fraction of sp³-hybridized carbons (Fsp3) is 0.765. The van der Waals surface area contributed by atoms with Crippen LogP contribution in [0.2, 0.25) is 0 Å². The molecule has 47 heavy (non-hydrogen) atoms. The Hall–Kier alpha value is -1.54. The van der Waals surface area contributed by atoms with E-state index < -0.39 is 70.5 Å². The summed E-state index contributed by atoms with van der Waals surface area (Å²) in [6.07, 6.45) is 17.6. The molecule has 0 aliphatic rings. The third-order valence-electron chi connectivity index (χ3n) is 8.69. The first-order valence-electron chi connectivity index (χ1n) is 17.0. The van der Waals surface area contributed by atoms with E-state index in [2.05, 4.69) is 13.8 Å². The Morgan fingerprint density at radius 1 is 0.553 bits per heavy atom. The van der Waals surface area contributed by atoms with E-state index in [1.165, 1.54) is 0 Å². The Morgan fingerprint density at radius 3 is 1.04 bits per heavy atom. The van der Waals surface area contributed by atoms with E-state index in [4.69, 9.17) is 0 Å². The molecule has 13 heteroatoms. The molecule has 0 saturated heterocycles. The average Bonchev–Trinajstić information content (AvgIpc) is 3.00. The summed E-state index contributed by atoms with van der Waals surface area (Å²) in [7, 11) is 0. The van der Waals surface area contributed by atoms with Gasteiger partial charge in [0.2, 0.25) is 0 Å². The van der Waals surface area contributed by atoms with Crippen molar-refractivity contribution in [2.24, 2.45) is 0 Å². The summed E-state index contributed by atoms with van der Waals surface area (Å²) in [6, 6.07) is -4.22. The van der Waals surface area contributed by atoms with Gasteiger partial charge in [0.1, 0.15) is 12.1 Å². The van der Waals surface area contributed by atoms with Gasteiger partial charge in [-0.25, -0.2) is 9.59 Å². The van der Waals surface area contributed by atoms with Crippen molar-refractivity contribution in [2.45, 2.75) is 156 Å². The van der Waals surface area contributed by atoms with Crippen LogP contribution < -0.4 is 10.2 Å². The molecular weight excluding hydrogens is 636 g/mol. The van der Waals surface area contributed by atoms with E-state index in [-0.39, 0.29) is 63.4 Å². The molecule has 0 saturated carbocycles. The number of hydrogen-bond donors (Lipinski definition) is 4. The maximum absolute atomic E-state index is 11.6. The molecule has 268 valence electrons. The van der Waals surface area contributed by atoms with Gasteiger partial charge in [-0.2, -0.15) is 0 Å². The third-order valence-corrected chi connectivity index (χ3v) is 8.69. The minimum absolute atomic E-state index is 0. The zero-order chi connectivity index (χ0) is 35.8. The zero-order valence-electron chi connectivity index (χ0n) is 29.8. The van der Waals surface area contributed by atoms with Crippen molar-refractivity contribution in [3.8, 4) is 0 Å². The maximum atomic E-state index is 11.6. The smallest absolute Gasteiger partial charge is 0.544 e. The van der Waals surface area contributed by atoms with Crippen molar-refractivity contribution in [1.82, 2.24) is 0 Å². The van der Waals surface area contributed by atoms with Crippen molar-refractivity contribution < 1.29 is 58.8 Å². The summed E-state index contributed by atoms with van der Waals surface area (Å²) in [5.74, 6) is -4.90. The first-order valence-corrected chi connectivity index (χ1v) is 17.0. The molecule has 0 aromatic rings. The molecule has 0 radical (unpaired) electrons. The van der Waals surface area contributed by atoms with Gasteiger partial charge < -0.3 is 40.2 Å². The second-order valence-corrected chi connectivity index (χ2v) is 11.8. The molecule has 0 aromatic carbocycles. The van der Waals surface area contributed by atoms with Crippen LogP contribution in [0.25, 0.3) is 0 Å². The van der Waals surface area contributed by atoms with Crippen molar-refractivity contribution in [2.75, 3.05) is 13.5 Å². The number of quaternary nitrogens is 2. The minimum atomic E-state index is -1.34. The molecule has 0 aliphatic carbocycles. The zero-order valence-corrected chi connectivity index (χ0v) is 32.0. The fourth-order valence-corrected chi connectivity index (χ4v) is 6.10. The van der Waals surface area contributed by atoms with Gasteiger partial charge in [-0.3, -0.25) is 8.97 Å². The number of aliphatic carboxylic acids is 4. The second-order valence-electron chi connectivity index (χ2n) is 11.8. The summed E-state index contributed by atoms with van der Waals surface area (Å²) in [5, 5.41) is 61.7. The van der Waals surface area contributed by atoms with Crippen LogP contribution in [0.1, 0.15) is 131 Å². The van der Waals surface area contributed by atoms with Crippen molar-refractivity contribution in [3.63, 3.8) is 0 Å². The van der Waals surface area contributed by atoms with Gasteiger partial charge in [-0.05, 0) is 37.8 Å². The molecule has 0 amide bonds. The van der Waals surface area contributed by atoms with E-state index in [0.717, 1.165) is 64.2 Å². The number of carboxylic acid groups (broad SMARTS) is 4. The quantitative estimate of drug-likeness (QED) is 0.0452. The summed E-state index contributed by atoms with van der Waals surface area (Å²) >= 11 is 0. The molecule has 0 rings (SSSR count). The molecule has 4 N–H and O–H groups in total. The van der Waals surface area contributed by atoms with Gasteiger partial charge in [-0.1, -0.05) is 80.1 Å². The van der Waals surface area contributed by atoms with Crippen molar-refractivity contribution >= 4 is 61.6 Å². The van der Waals surface area contributed by atoms with Gasteiger partial charge >= 0.3 is 49.7 Å². The first kappa shape index (κ1) is 49.8. The van der Waals surface area contributed by atoms with Crippen molar-refractivity contribution in [1.29, 1.82) is 0 Å². The first-order chi connectivity index (χ1) is 21.8. The number of unbranched alkanes of at least 4 members (excludes halogenated alkanes) is 8. The molecular formula is C34H62CaN2O10+2. The van der Waals surface area contributed by atoms with Gasteiger partial charge in [0, 0.05) is 25.7 Å². The Kier molecular flexibility index (Phi) is 30.0. The van der Waals surface area contributed by atoms with Crippen LogP contribution in [0, 0.1) is 0 Å². The molecule has 6 unspecified atom stereocenters. The van der Waals surface area contributed by atoms with Crippen molar-refractivity contribution in [3.05, 3.63) is 24.6 Å². The molecule has 0 aliphatic heterocycles. The number of carbonyl (C=O) groups is 4. The van der Waals surface area contributed by atoms with E-state index in [9.17, 15) is 49.8 Å². The van der Waals surface area contributed by atoms with Crippen LogP contribution in [-0.4, -0.2) is 129 Å². The van der Waals surface area contributed by atoms with E-state index in [1.807, 2.05) is 0 Å². The van der Waals surface area contributed by atoms with Crippen LogP contribution in [-0.2, 0) is 19.2 Å². The van der Waals surface area contributed by atoms with Crippen LogP contribution in [0.4, 0.5) is 0 Å². The minimum Gasteiger partial charge on any atom is -0.544 e. The fourth-order valence-electron chi connectivity index (χ4n) is 6.10. The standard InChI is InChI=1S/2C17H31NO5.Ca/c2*1-4-7-8-9-10-11-12-18(13-19,14(5-2)16(20)21)15(6-3)17(22)23;/h2*11-12,14-15,19H,4-10,13H2,1-3H3,(H-,20,21,22,23);/q;;+2/b2*12-11+;. The Morgan fingerprint density at radius 2 is 0.851 bits per heavy atom. The van der Waals surface area contributed by atoms with Crippen LogP contribution in [0.15, 0.2) is 24.6 Å². The molecule has 0 heterocycles. The average molecular weight is 699 g/mol. The normalized spacial score (nSPS) is 16.5. The summed E-state index contributed by atoms with van der Waals surface area (Å²) in [5.41, 5.74) is 0. The number of carboxylic acids is 4. The number of aliphatic hydroxyl groups excluding tert-OH is 2. The van der Waals surface area contributed by atoms with Gasteiger partial charge in [-0.15, -0.1) is 0 Å². The number of carbonyl (C=O) groups excluding carboxylic acids is 2. The Balaban J connectivity index is -0.000000807. The number of nitrogens with zero attached hydrogens (tertiary/aromatic N) is 2. The summed E-state index contributed by atoms with van der Waals surface area (Å²) in [4.78, 5) is 46.1. The third kappa shape index (κ3) is 16.1. The Bertz CT molecular complexity index is 826. The number of rotatable bonds is 26. The Labute approximate surface area is 312 Å². The number of allylic oxidation sites excluding steroid dienone is 2. The molecule has 0 aromatic heterocycles. The number of hydrogen-bond acceptors (Lipinski definition) is 8. The SMILES string of the molecule is CCCCCC/C=C/[N+](CO)(C(CC)C(=O)[O-])C(CC)C(=O)O.CCCCCC/C=C/[N+](CO)(C(CC)C(=O)[O-])C(CC)C(=O)O.[Ca+2]. The van der Waals surface area contributed by atoms with Crippen LogP contribution >= 0.6 is 0 Å². The van der Waals surface area contributed by atoms with Gasteiger partial charge in [0.25, 0.3) is 0 Å². The van der Waals surface area contributed by atoms with E-state index in [0.29, 0.717) is 0 Å². The van der Waals surface area contributed by atoms with E-state index in [1.54, 1.807) is 52.2 Å². The molecule has 0 spiro atoms. The molecule has 0 bridgehead atoms. The monoisotopic (exact) mass is 698 g/mol. The summed E-state index contributed by atoms with van der Waals surface area (Å²) < 4.78 is -1.03. The topological polar surface area (TPSA) is 195 Å². The van der Waals surface area contributed by atoms with Crippen LogP contribution in [0.5, 0.6) is 0 Å². The predicted octanol–water partition coefficient (Wildman–Crippen LogP) is 2.88. The number of aliphatic hydroxyl groups is 2. The van der Waals surface area contributed by atoms with Gasteiger partial charge in [0.15, 0.2) is 25.5 Å². The summed E-state index contributed by atoms with van der Waals surface area (Å²) in [6.45, 7) is 9.75. The van der Waals surface area contributed by atoms with Crippen LogP contribution in [0.3, 0.4) is 0 Å². The predicted molar refractivity (Wildman–Crippen MR) is 178 cm³/mol. The molecule has 6 atom stereocenters. The molecule has 12 nitrogen and oxygen atoms in total.